The average molecular weight is 302 g/mol. The van der Waals surface area contributed by atoms with Crippen LogP contribution >= 0.6 is 23.5 Å². The zero-order valence-corrected chi connectivity index (χ0v) is 14.1. The minimum absolute atomic E-state index is 0.411. The Morgan fingerprint density at radius 2 is 2.05 bits per heavy atom. The molecule has 5 heteroatoms. The van der Waals surface area contributed by atoms with Crippen molar-refractivity contribution in [2.45, 2.75) is 32.4 Å². The van der Waals surface area contributed by atoms with Gasteiger partial charge in [-0.1, -0.05) is 32.5 Å². The van der Waals surface area contributed by atoms with Gasteiger partial charge in [-0.3, -0.25) is 9.89 Å². The van der Waals surface area contributed by atoms with Gasteiger partial charge in [-0.25, -0.2) is 0 Å². The van der Waals surface area contributed by atoms with Crippen molar-refractivity contribution in [1.29, 1.82) is 0 Å². The van der Waals surface area contributed by atoms with Crippen molar-refractivity contribution in [2.75, 3.05) is 44.2 Å². The van der Waals surface area contributed by atoms with Crippen molar-refractivity contribution in [2.24, 2.45) is 10.4 Å². The number of nitrogens with one attached hydrogen (secondary N) is 1. The van der Waals surface area contributed by atoms with Crippen LogP contribution in [-0.4, -0.2) is 59.5 Å². The fraction of sp³-hybridized carbons (Fsp3) is 0.929. The first kappa shape index (κ1) is 15.5. The largest absolute Gasteiger partial charge is 0.364 e. The van der Waals surface area contributed by atoms with Crippen LogP contribution in [0.4, 0.5) is 0 Å². The first-order valence-corrected chi connectivity index (χ1v) is 9.31. The summed E-state index contributed by atoms with van der Waals surface area (Å²) in [5.74, 6) is 2.59. The molecule has 1 N–H and O–H groups in total. The number of nitrogens with zero attached hydrogens (tertiary/aromatic N) is 2. The van der Waals surface area contributed by atoms with E-state index < -0.39 is 0 Å². The van der Waals surface area contributed by atoms with Gasteiger partial charge in [0.05, 0.1) is 6.54 Å². The maximum absolute atomic E-state index is 4.63. The first-order valence-electron chi connectivity index (χ1n) is 7.28. The molecule has 0 aromatic heterocycles. The molecule has 0 aromatic rings. The molecular formula is C14H27N3S2. The lowest BCUT2D eigenvalue weighted by atomic mass is 9.90. The average Bonchev–Trinajstić information content (AvgIpc) is 2.76. The lowest BCUT2D eigenvalue weighted by Crippen LogP contribution is -2.38. The summed E-state index contributed by atoms with van der Waals surface area (Å²) in [5, 5.41) is 5.35. The van der Waals surface area contributed by atoms with Crippen LogP contribution in [0.25, 0.3) is 0 Å². The van der Waals surface area contributed by atoms with E-state index in [9.17, 15) is 0 Å². The predicted molar refractivity (Wildman–Crippen MR) is 89.5 cm³/mol. The summed E-state index contributed by atoms with van der Waals surface area (Å²) < 4.78 is 0. The smallest absolute Gasteiger partial charge is 0.156 e. The third-order valence-corrected chi connectivity index (χ3v) is 5.45. The van der Waals surface area contributed by atoms with Crippen LogP contribution in [0.2, 0.25) is 0 Å². The van der Waals surface area contributed by atoms with E-state index in [4.69, 9.17) is 0 Å². The summed E-state index contributed by atoms with van der Waals surface area (Å²) >= 11 is 4.01. The number of amidine groups is 1. The Labute approximate surface area is 126 Å². The molecule has 1 saturated heterocycles. The van der Waals surface area contributed by atoms with E-state index in [1.54, 1.807) is 0 Å². The summed E-state index contributed by atoms with van der Waals surface area (Å²) in [4.78, 5) is 7.18. The molecule has 0 bridgehead atoms. The van der Waals surface area contributed by atoms with Crippen LogP contribution in [0.1, 0.15) is 27.2 Å². The molecule has 1 fully saturated rings. The van der Waals surface area contributed by atoms with E-state index in [0.29, 0.717) is 10.7 Å². The molecule has 0 spiro atoms. The van der Waals surface area contributed by atoms with Gasteiger partial charge in [0.15, 0.2) is 5.17 Å². The lowest BCUT2D eigenvalue weighted by Gasteiger charge is -2.26. The Kier molecular flexibility index (Phi) is 5.90. The van der Waals surface area contributed by atoms with E-state index in [1.165, 1.54) is 36.2 Å². The number of aliphatic imine (C=N–C) groups is 1. The minimum atomic E-state index is 0.411. The SMILES string of the molecule is CC(C)(C)CC1CN=C(NCCN2CCSCC2)S1. The van der Waals surface area contributed by atoms with Gasteiger partial charge >= 0.3 is 0 Å². The normalized spacial score (nSPS) is 25.4. The lowest BCUT2D eigenvalue weighted by molar-refractivity contribution is 0.307. The zero-order chi connectivity index (χ0) is 13.7. The Hall–Kier alpha value is 0.130. The number of hydrogen-bond donors (Lipinski definition) is 1. The Balaban J connectivity index is 1.59. The molecule has 0 radical (unpaired) electrons. The van der Waals surface area contributed by atoms with Crippen LogP contribution < -0.4 is 5.32 Å². The highest BCUT2D eigenvalue weighted by Gasteiger charge is 2.24. The van der Waals surface area contributed by atoms with Crippen LogP contribution in [0.3, 0.4) is 0 Å². The molecule has 110 valence electrons. The van der Waals surface area contributed by atoms with Crippen LogP contribution in [0.5, 0.6) is 0 Å². The van der Waals surface area contributed by atoms with E-state index in [2.05, 4.69) is 47.7 Å². The standard InChI is InChI=1S/C14H27N3S2/c1-14(2,3)10-12-11-16-13(19-12)15-4-5-17-6-8-18-9-7-17/h12H,4-11H2,1-3H3,(H,15,16). The molecule has 0 amide bonds. The van der Waals surface area contributed by atoms with Crippen LogP contribution in [0.15, 0.2) is 4.99 Å². The van der Waals surface area contributed by atoms with Crippen molar-refractivity contribution in [1.82, 2.24) is 10.2 Å². The quantitative estimate of drug-likeness (QED) is 0.863. The third kappa shape index (κ3) is 5.96. The van der Waals surface area contributed by atoms with Gasteiger partial charge in [-0.15, -0.1) is 0 Å². The molecule has 0 aliphatic carbocycles. The van der Waals surface area contributed by atoms with Crippen molar-refractivity contribution in [3.8, 4) is 0 Å². The summed E-state index contributed by atoms with van der Waals surface area (Å²) in [6.45, 7) is 12.6. The van der Waals surface area contributed by atoms with Gasteiger partial charge in [-0.2, -0.15) is 11.8 Å². The van der Waals surface area contributed by atoms with E-state index in [1.807, 2.05) is 11.8 Å². The molecule has 19 heavy (non-hydrogen) atoms. The first-order chi connectivity index (χ1) is 9.03. The van der Waals surface area contributed by atoms with E-state index >= 15 is 0 Å². The molecule has 1 unspecified atom stereocenters. The fourth-order valence-corrected chi connectivity index (χ4v) is 4.81. The summed E-state index contributed by atoms with van der Waals surface area (Å²) in [6.07, 6.45) is 1.25. The molecule has 1 atom stereocenters. The van der Waals surface area contributed by atoms with Crippen LogP contribution in [0, 0.1) is 5.41 Å². The maximum atomic E-state index is 4.63. The number of hydrogen-bond acceptors (Lipinski definition) is 5. The molecule has 2 rings (SSSR count). The van der Waals surface area contributed by atoms with Gasteiger partial charge in [-0.05, 0) is 11.8 Å². The summed E-state index contributed by atoms with van der Waals surface area (Å²) in [7, 11) is 0. The monoisotopic (exact) mass is 301 g/mol. The Bertz CT molecular complexity index is 306. The number of rotatable bonds is 4. The van der Waals surface area contributed by atoms with E-state index in [0.717, 1.165) is 19.6 Å². The second kappa shape index (κ2) is 7.23. The van der Waals surface area contributed by atoms with Crippen LogP contribution in [-0.2, 0) is 0 Å². The molecule has 3 nitrogen and oxygen atoms in total. The van der Waals surface area contributed by atoms with E-state index in [-0.39, 0.29) is 0 Å². The van der Waals surface area contributed by atoms with Gasteiger partial charge in [0.2, 0.25) is 0 Å². The fourth-order valence-electron chi connectivity index (χ4n) is 2.45. The second-order valence-electron chi connectivity index (χ2n) is 6.53. The number of thioether (sulfide) groups is 2. The Morgan fingerprint density at radius 3 is 2.74 bits per heavy atom. The molecule has 2 heterocycles. The molecule has 2 aliphatic rings. The maximum Gasteiger partial charge on any atom is 0.156 e. The third-order valence-electron chi connectivity index (χ3n) is 3.36. The highest BCUT2D eigenvalue weighted by atomic mass is 32.2. The Morgan fingerprint density at radius 1 is 1.32 bits per heavy atom. The molecular weight excluding hydrogens is 274 g/mol. The van der Waals surface area contributed by atoms with Gasteiger partial charge < -0.3 is 5.32 Å². The van der Waals surface area contributed by atoms with Crippen molar-refractivity contribution < 1.29 is 0 Å². The van der Waals surface area contributed by atoms with Gasteiger partial charge in [0.25, 0.3) is 0 Å². The second-order valence-corrected chi connectivity index (χ2v) is 9.05. The summed E-state index contributed by atoms with van der Waals surface area (Å²) in [6, 6.07) is 0. The zero-order valence-electron chi connectivity index (χ0n) is 12.4. The topological polar surface area (TPSA) is 27.6 Å². The molecule has 0 aromatic carbocycles. The molecule has 0 saturated carbocycles. The van der Waals surface area contributed by atoms with Gasteiger partial charge in [0, 0.05) is 42.9 Å². The van der Waals surface area contributed by atoms with Crippen molar-refractivity contribution in [3.63, 3.8) is 0 Å². The highest BCUT2D eigenvalue weighted by Crippen LogP contribution is 2.31. The summed E-state index contributed by atoms with van der Waals surface area (Å²) in [5.41, 5.74) is 0.411. The van der Waals surface area contributed by atoms with Gasteiger partial charge in [0.1, 0.15) is 0 Å². The minimum Gasteiger partial charge on any atom is -0.364 e. The molecule has 2 aliphatic heterocycles. The van der Waals surface area contributed by atoms with Crippen molar-refractivity contribution >= 4 is 28.7 Å². The highest BCUT2D eigenvalue weighted by molar-refractivity contribution is 8.14. The van der Waals surface area contributed by atoms with Crippen molar-refractivity contribution in [3.05, 3.63) is 0 Å². The predicted octanol–water partition coefficient (Wildman–Crippen LogP) is 2.53.